The molecule has 12 N–H and O–H groups in total. The van der Waals surface area contributed by atoms with Crippen molar-refractivity contribution in [3.63, 3.8) is 0 Å². The van der Waals surface area contributed by atoms with Crippen LogP contribution in [-0.2, 0) is 28.8 Å². The number of carboxylic acid groups (broad SMARTS) is 2. The van der Waals surface area contributed by atoms with Crippen LogP contribution in [0.25, 0.3) is 0 Å². The lowest BCUT2D eigenvalue weighted by Crippen LogP contribution is -2.57. The molecule has 4 atom stereocenters. The number of aliphatic imine (C=N–C) groups is 1. The molecule has 0 bridgehead atoms. The highest BCUT2D eigenvalue weighted by Gasteiger charge is 2.38. The molecule has 202 valence electrons. The van der Waals surface area contributed by atoms with Gasteiger partial charge >= 0.3 is 11.9 Å². The summed E-state index contributed by atoms with van der Waals surface area (Å²) < 4.78 is 0. The summed E-state index contributed by atoms with van der Waals surface area (Å²) in [5.74, 6) is -5.88. The van der Waals surface area contributed by atoms with Crippen molar-refractivity contribution in [2.75, 3.05) is 13.1 Å². The Balaban J connectivity index is 3.06. The van der Waals surface area contributed by atoms with Gasteiger partial charge in [0.2, 0.25) is 23.6 Å². The minimum Gasteiger partial charge on any atom is -0.481 e. The van der Waals surface area contributed by atoms with E-state index in [-0.39, 0.29) is 44.7 Å². The van der Waals surface area contributed by atoms with Crippen LogP contribution in [0.4, 0.5) is 0 Å². The standard InChI is InChI=1S/C20H34N8O8/c21-10(9-14(22)29)16(32)26-11(3-1-7-25-20(23)24)17(33)27-12(5-6-15(30)31)18(34)28-8-2-4-13(28)19(35)36/h10-13H,1-9,21H2,(H2,22,29)(H,26,32)(H,27,33)(H,30,31)(H,35,36)(H4,23,24,25). The Kier molecular flexibility index (Phi) is 12.1. The first-order chi connectivity index (χ1) is 16.8. The van der Waals surface area contributed by atoms with Crippen molar-refractivity contribution in [3.05, 3.63) is 0 Å². The van der Waals surface area contributed by atoms with Gasteiger partial charge < -0.3 is 48.7 Å². The van der Waals surface area contributed by atoms with E-state index in [2.05, 4.69) is 15.6 Å². The molecule has 0 aliphatic carbocycles. The van der Waals surface area contributed by atoms with E-state index < -0.39 is 72.6 Å². The van der Waals surface area contributed by atoms with Crippen LogP contribution in [0.1, 0.15) is 44.9 Å². The fourth-order valence-corrected chi connectivity index (χ4v) is 3.65. The van der Waals surface area contributed by atoms with Crippen LogP contribution in [0, 0.1) is 0 Å². The van der Waals surface area contributed by atoms with Gasteiger partial charge in [-0.3, -0.25) is 29.0 Å². The third-order valence-electron chi connectivity index (χ3n) is 5.42. The highest BCUT2D eigenvalue weighted by Crippen LogP contribution is 2.20. The third-order valence-corrected chi connectivity index (χ3v) is 5.42. The molecule has 1 heterocycles. The van der Waals surface area contributed by atoms with Crippen molar-refractivity contribution in [3.8, 4) is 0 Å². The summed E-state index contributed by atoms with van der Waals surface area (Å²) in [6, 6.07) is -5.03. The molecule has 0 spiro atoms. The summed E-state index contributed by atoms with van der Waals surface area (Å²) in [6.45, 7) is 0.251. The van der Waals surface area contributed by atoms with Gasteiger partial charge in [0.1, 0.15) is 18.1 Å². The quantitative estimate of drug-likeness (QED) is 0.0594. The number of carbonyl (C=O) groups is 6. The van der Waals surface area contributed by atoms with Crippen molar-refractivity contribution >= 4 is 41.5 Å². The lowest BCUT2D eigenvalue weighted by Gasteiger charge is -2.28. The van der Waals surface area contributed by atoms with Crippen molar-refractivity contribution in [1.29, 1.82) is 0 Å². The first-order valence-electron chi connectivity index (χ1n) is 11.3. The number of primary amides is 1. The fraction of sp³-hybridized carbons (Fsp3) is 0.650. The number of aliphatic carboxylic acids is 2. The zero-order chi connectivity index (χ0) is 27.4. The number of guanidine groups is 1. The highest BCUT2D eigenvalue weighted by molar-refractivity contribution is 5.95. The van der Waals surface area contributed by atoms with E-state index in [4.69, 9.17) is 28.0 Å². The van der Waals surface area contributed by atoms with Crippen molar-refractivity contribution < 1.29 is 39.0 Å². The zero-order valence-electron chi connectivity index (χ0n) is 19.7. The second-order valence-electron chi connectivity index (χ2n) is 8.31. The second-order valence-corrected chi connectivity index (χ2v) is 8.31. The number of nitrogens with zero attached hydrogens (tertiary/aromatic N) is 2. The molecule has 0 radical (unpaired) electrons. The maximum Gasteiger partial charge on any atom is 0.326 e. The predicted molar refractivity (Wildman–Crippen MR) is 125 cm³/mol. The van der Waals surface area contributed by atoms with Crippen LogP contribution >= 0.6 is 0 Å². The van der Waals surface area contributed by atoms with Crippen LogP contribution in [0.2, 0.25) is 0 Å². The lowest BCUT2D eigenvalue weighted by atomic mass is 10.1. The van der Waals surface area contributed by atoms with E-state index in [1.165, 1.54) is 0 Å². The number of hydrogen-bond donors (Lipinski definition) is 8. The van der Waals surface area contributed by atoms with Crippen LogP contribution in [-0.4, -0.2) is 93.9 Å². The number of carbonyl (C=O) groups excluding carboxylic acids is 4. The molecule has 1 aliphatic heterocycles. The number of nitrogens with one attached hydrogen (secondary N) is 2. The smallest absolute Gasteiger partial charge is 0.326 e. The van der Waals surface area contributed by atoms with Gasteiger partial charge in [0.25, 0.3) is 0 Å². The van der Waals surface area contributed by atoms with E-state index in [1.54, 1.807) is 0 Å². The molecule has 0 aromatic rings. The molecule has 1 rings (SSSR count). The number of nitrogens with two attached hydrogens (primary N) is 4. The van der Waals surface area contributed by atoms with Crippen LogP contribution < -0.4 is 33.6 Å². The first kappa shape index (κ1) is 30.1. The summed E-state index contributed by atoms with van der Waals surface area (Å²) in [7, 11) is 0. The van der Waals surface area contributed by atoms with Gasteiger partial charge in [-0.2, -0.15) is 0 Å². The Morgan fingerprint density at radius 3 is 2.17 bits per heavy atom. The Hall–Kier alpha value is -3.95. The Labute approximate surface area is 206 Å². The number of hydrogen-bond acceptors (Lipinski definition) is 8. The average molecular weight is 515 g/mol. The Bertz CT molecular complexity index is 876. The van der Waals surface area contributed by atoms with Gasteiger partial charge in [-0.1, -0.05) is 0 Å². The van der Waals surface area contributed by atoms with Crippen molar-refractivity contribution in [1.82, 2.24) is 15.5 Å². The molecule has 1 saturated heterocycles. The minimum absolute atomic E-state index is 0.00104. The molecular weight excluding hydrogens is 480 g/mol. The molecule has 4 amide bonds. The Morgan fingerprint density at radius 1 is 0.972 bits per heavy atom. The summed E-state index contributed by atoms with van der Waals surface area (Å²) in [5, 5.41) is 23.2. The monoisotopic (exact) mass is 514 g/mol. The number of likely N-dealkylation sites (tertiary alicyclic amines) is 1. The molecule has 1 fully saturated rings. The normalized spacial score (nSPS) is 17.4. The summed E-state index contributed by atoms with van der Waals surface area (Å²) in [5.41, 5.74) is 21.2. The third kappa shape index (κ3) is 10.1. The van der Waals surface area contributed by atoms with Gasteiger partial charge in [-0.15, -0.1) is 0 Å². The van der Waals surface area contributed by atoms with Crippen molar-refractivity contribution in [2.24, 2.45) is 27.9 Å². The molecule has 0 aromatic heterocycles. The van der Waals surface area contributed by atoms with Gasteiger partial charge in [-0.05, 0) is 32.1 Å². The van der Waals surface area contributed by atoms with E-state index in [0.29, 0.717) is 6.42 Å². The lowest BCUT2D eigenvalue weighted by molar-refractivity contribution is -0.150. The Morgan fingerprint density at radius 2 is 1.61 bits per heavy atom. The molecule has 36 heavy (non-hydrogen) atoms. The molecular formula is C20H34N8O8. The molecule has 16 nitrogen and oxygen atoms in total. The summed E-state index contributed by atoms with van der Waals surface area (Å²) in [4.78, 5) is 77.1. The SMILES string of the molecule is NC(=O)CC(N)C(=O)NC(CCCN=C(N)N)C(=O)NC(CCC(=O)O)C(=O)N1CCCC1C(=O)O. The highest BCUT2D eigenvalue weighted by atomic mass is 16.4. The molecule has 0 aromatic carbocycles. The van der Waals surface area contributed by atoms with Gasteiger partial charge in [0.15, 0.2) is 5.96 Å². The van der Waals surface area contributed by atoms with Crippen LogP contribution in [0.15, 0.2) is 4.99 Å². The molecule has 4 unspecified atom stereocenters. The zero-order valence-corrected chi connectivity index (χ0v) is 19.7. The largest absolute Gasteiger partial charge is 0.481 e. The average Bonchev–Trinajstić information content (AvgIpc) is 3.27. The van der Waals surface area contributed by atoms with E-state index in [0.717, 1.165) is 4.90 Å². The maximum atomic E-state index is 13.1. The van der Waals surface area contributed by atoms with Gasteiger partial charge in [0.05, 0.1) is 12.5 Å². The minimum atomic E-state index is -1.36. The topological polar surface area (TPSA) is 287 Å². The van der Waals surface area contributed by atoms with Gasteiger partial charge in [0, 0.05) is 19.5 Å². The van der Waals surface area contributed by atoms with Crippen molar-refractivity contribution in [2.45, 2.75) is 69.1 Å². The number of amides is 4. The summed E-state index contributed by atoms with van der Waals surface area (Å²) in [6.07, 6.45) is -0.377. The maximum absolute atomic E-state index is 13.1. The predicted octanol–water partition coefficient (Wildman–Crippen LogP) is -3.85. The van der Waals surface area contributed by atoms with Crippen LogP contribution in [0.5, 0.6) is 0 Å². The first-order valence-corrected chi connectivity index (χ1v) is 11.3. The molecule has 0 saturated carbocycles. The van der Waals surface area contributed by atoms with Gasteiger partial charge in [-0.25, -0.2) is 4.79 Å². The van der Waals surface area contributed by atoms with E-state index >= 15 is 0 Å². The van der Waals surface area contributed by atoms with E-state index in [9.17, 15) is 33.9 Å². The van der Waals surface area contributed by atoms with E-state index in [1.807, 2.05) is 0 Å². The fourth-order valence-electron chi connectivity index (χ4n) is 3.65. The number of carboxylic acids is 2. The molecule has 16 heteroatoms. The second kappa shape index (κ2) is 14.4. The molecule has 1 aliphatic rings. The van der Waals surface area contributed by atoms with Crippen LogP contribution in [0.3, 0.4) is 0 Å². The summed E-state index contributed by atoms with van der Waals surface area (Å²) >= 11 is 0. The number of rotatable bonds is 15.